The summed E-state index contributed by atoms with van der Waals surface area (Å²) in [5.74, 6) is 0. The summed E-state index contributed by atoms with van der Waals surface area (Å²) in [4.78, 5) is 2.82. The quantitative estimate of drug-likeness (QED) is 0.835. The Morgan fingerprint density at radius 2 is 1.74 bits per heavy atom. The minimum atomic E-state index is 0.378. The number of rotatable bonds is 3. The molecule has 2 rings (SSSR count). The third-order valence-electron chi connectivity index (χ3n) is 5.81. The molecule has 0 amide bonds. The molecule has 0 bridgehead atoms. The van der Waals surface area contributed by atoms with Crippen molar-refractivity contribution in [3.05, 3.63) is 0 Å². The monoisotopic (exact) mass is 266 g/mol. The maximum atomic E-state index is 3.84. The van der Waals surface area contributed by atoms with Crippen molar-refractivity contribution in [1.82, 2.24) is 10.2 Å². The van der Waals surface area contributed by atoms with Crippen LogP contribution in [0.5, 0.6) is 0 Å². The van der Waals surface area contributed by atoms with E-state index in [0.717, 1.165) is 6.04 Å². The zero-order valence-electron chi connectivity index (χ0n) is 13.6. The minimum absolute atomic E-state index is 0.378. The van der Waals surface area contributed by atoms with Crippen molar-refractivity contribution in [1.29, 1.82) is 0 Å². The standard InChI is InChI=1S/C17H34N2/c1-5-17(6-2)14-19(13-7-12-18-17)15-8-10-16(3,4)11-9-15/h15,18H,5-14H2,1-4H3. The van der Waals surface area contributed by atoms with Crippen molar-refractivity contribution in [2.75, 3.05) is 19.6 Å². The van der Waals surface area contributed by atoms with Gasteiger partial charge in [-0.25, -0.2) is 0 Å². The van der Waals surface area contributed by atoms with Crippen molar-refractivity contribution in [3.8, 4) is 0 Å². The molecule has 1 aliphatic heterocycles. The Hall–Kier alpha value is -0.0800. The number of hydrogen-bond acceptors (Lipinski definition) is 2. The van der Waals surface area contributed by atoms with Gasteiger partial charge in [0.25, 0.3) is 0 Å². The van der Waals surface area contributed by atoms with E-state index >= 15 is 0 Å². The van der Waals surface area contributed by atoms with Gasteiger partial charge < -0.3 is 5.32 Å². The van der Waals surface area contributed by atoms with Gasteiger partial charge in [0.15, 0.2) is 0 Å². The molecule has 112 valence electrons. The van der Waals surface area contributed by atoms with Crippen LogP contribution < -0.4 is 5.32 Å². The van der Waals surface area contributed by atoms with Crippen molar-refractivity contribution >= 4 is 0 Å². The van der Waals surface area contributed by atoms with Crippen LogP contribution in [0.2, 0.25) is 0 Å². The molecule has 1 aliphatic carbocycles. The maximum Gasteiger partial charge on any atom is 0.0303 e. The predicted molar refractivity (Wildman–Crippen MR) is 83.5 cm³/mol. The SMILES string of the molecule is CCC1(CC)CN(C2CCC(C)(C)CC2)CCCN1. The fourth-order valence-corrected chi connectivity index (χ4v) is 3.94. The third-order valence-corrected chi connectivity index (χ3v) is 5.81. The van der Waals surface area contributed by atoms with Gasteiger partial charge in [-0.2, -0.15) is 0 Å². The minimum Gasteiger partial charge on any atom is -0.310 e. The molecule has 1 heterocycles. The van der Waals surface area contributed by atoms with Crippen LogP contribution in [0, 0.1) is 5.41 Å². The van der Waals surface area contributed by atoms with E-state index in [1.807, 2.05) is 0 Å². The molecule has 0 aromatic rings. The molecule has 1 saturated carbocycles. The zero-order valence-corrected chi connectivity index (χ0v) is 13.6. The summed E-state index contributed by atoms with van der Waals surface area (Å²) in [6.07, 6.45) is 9.49. The van der Waals surface area contributed by atoms with Crippen LogP contribution in [0.1, 0.15) is 72.6 Å². The second-order valence-corrected chi connectivity index (χ2v) is 7.63. The lowest BCUT2D eigenvalue weighted by atomic mass is 9.75. The van der Waals surface area contributed by atoms with Gasteiger partial charge in [0.05, 0.1) is 0 Å². The first-order chi connectivity index (χ1) is 9.00. The molecule has 19 heavy (non-hydrogen) atoms. The van der Waals surface area contributed by atoms with Gasteiger partial charge in [-0.05, 0) is 63.5 Å². The van der Waals surface area contributed by atoms with Gasteiger partial charge in [-0.15, -0.1) is 0 Å². The second kappa shape index (κ2) is 6.13. The molecule has 2 nitrogen and oxygen atoms in total. The summed E-state index contributed by atoms with van der Waals surface area (Å²) in [5, 5.41) is 3.84. The summed E-state index contributed by atoms with van der Waals surface area (Å²) in [5.41, 5.74) is 0.969. The van der Waals surface area contributed by atoms with Crippen LogP contribution >= 0.6 is 0 Å². The summed E-state index contributed by atoms with van der Waals surface area (Å²) < 4.78 is 0. The number of hydrogen-bond donors (Lipinski definition) is 1. The molecule has 0 aromatic heterocycles. The molecule has 1 N–H and O–H groups in total. The maximum absolute atomic E-state index is 3.84. The molecule has 0 unspecified atom stereocenters. The molecule has 0 radical (unpaired) electrons. The lowest BCUT2D eigenvalue weighted by molar-refractivity contribution is 0.0867. The molecule has 2 heteroatoms. The van der Waals surface area contributed by atoms with Crippen LogP contribution in [0.4, 0.5) is 0 Å². The molecule has 0 atom stereocenters. The highest BCUT2D eigenvalue weighted by Gasteiger charge is 2.35. The summed E-state index contributed by atoms with van der Waals surface area (Å²) in [6.45, 7) is 13.4. The highest BCUT2D eigenvalue weighted by atomic mass is 15.2. The van der Waals surface area contributed by atoms with Crippen molar-refractivity contribution in [3.63, 3.8) is 0 Å². The van der Waals surface area contributed by atoms with Crippen LogP contribution in [0.15, 0.2) is 0 Å². The highest BCUT2D eigenvalue weighted by Crippen LogP contribution is 2.37. The first-order valence-corrected chi connectivity index (χ1v) is 8.49. The van der Waals surface area contributed by atoms with E-state index in [4.69, 9.17) is 0 Å². The first kappa shape index (κ1) is 15.3. The fourth-order valence-electron chi connectivity index (χ4n) is 3.94. The Bertz CT molecular complexity index is 271. The summed E-state index contributed by atoms with van der Waals surface area (Å²) >= 11 is 0. The van der Waals surface area contributed by atoms with Crippen molar-refractivity contribution < 1.29 is 0 Å². The average Bonchev–Trinajstić information content (AvgIpc) is 2.62. The van der Waals surface area contributed by atoms with Crippen molar-refractivity contribution in [2.24, 2.45) is 5.41 Å². The van der Waals surface area contributed by atoms with Gasteiger partial charge in [0.1, 0.15) is 0 Å². The van der Waals surface area contributed by atoms with Crippen molar-refractivity contribution in [2.45, 2.75) is 84.2 Å². The topological polar surface area (TPSA) is 15.3 Å². The van der Waals surface area contributed by atoms with E-state index < -0.39 is 0 Å². The van der Waals surface area contributed by atoms with E-state index in [1.165, 1.54) is 64.6 Å². The molecular formula is C17H34N2. The largest absolute Gasteiger partial charge is 0.310 e. The molecule has 0 spiro atoms. The van der Waals surface area contributed by atoms with Crippen LogP contribution in [-0.2, 0) is 0 Å². The molecule has 1 saturated heterocycles. The van der Waals surface area contributed by atoms with E-state index in [0.29, 0.717) is 11.0 Å². The lowest BCUT2D eigenvalue weighted by Gasteiger charge is -2.43. The summed E-state index contributed by atoms with van der Waals surface area (Å²) in [7, 11) is 0. The van der Waals surface area contributed by atoms with Gasteiger partial charge >= 0.3 is 0 Å². The zero-order chi connectivity index (χ0) is 13.9. The molecule has 2 fully saturated rings. The number of nitrogens with zero attached hydrogens (tertiary/aromatic N) is 1. The van der Waals surface area contributed by atoms with E-state index in [9.17, 15) is 0 Å². The number of nitrogens with one attached hydrogen (secondary N) is 1. The van der Waals surface area contributed by atoms with Gasteiger partial charge in [-0.1, -0.05) is 27.7 Å². The Kier molecular flexibility index (Phi) is 4.94. The van der Waals surface area contributed by atoms with Crippen LogP contribution in [0.3, 0.4) is 0 Å². The normalized spacial score (nSPS) is 29.1. The molecule has 0 aromatic carbocycles. The Morgan fingerprint density at radius 3 is 2.32 bits per heavy atom. The van der Waals surface area contributed by atoms with E-state index in [1.54, 1.807) is 0 Å². The Labute approximate surface area is 120 Å². The highest BCUT2D eigenvalue weighted by molar-refractivity contribution is 4.94. The van der Waals surface area contributed by atoms with Gasteiger partial charge in [0.2, 0.25) is 0 Å². The Morgan fingerprint density at radius 1 is 1.11 bits per heavy atom. The van der Waals surface area contributed by atoms with Gasteiger partial charge in [-0.3, -0.25) is 4.90 Å². The van der Waals surface area contributed by atoms with Crippen LogP contribution in [0.25, 0.3) is 0 Å². The smallest absolute Gasteiger partial charge is 0.0303 e. The predicted octanol–water partition coefficient (Wildman–Crippen LogP) is 3.81. The Balaban J connectivity index is 1.99. The fraction of sp³-hybridized carbons (Fsp3) is 1.00. The molecular weight excluding hydrogens is 232 g/mol. The van der Waals surface area contributed by atoms with E-state index in [2.05, 4.69) is 37.9 Å². The van der Waals surface area contributed by atoms with Crippen LogP contribution in [-0.4, -0.2) is 36.1 Å². The second-order valence-electron chi connectivity index (χ2n) is 7.63. The average molecular weight is 266 g/mol. The third kappa shape index (κ3) is 3.72. The summed E-state index contributed by atoms with van der Waals surface area (Å²) in [6, 6.07) is 0.852. The molecule has 2 aliphatic rings. The van der Waals surface area contributed by atoms with E-state index in [-0.39, 0.29) is 0 Å². The lowest BCUT2D eigenvalue weighted by Crippen LogP contribution is -2.53. The first-order valence-electron chi connectivity index (χ1n) is 8.49. The van der Waals surface area contributed by atoms with Gasteiger partial charge in [0, 0.05) is 18.1 Å².